The van der Waals surface area contributed by atoms with Gasteiger partial charge in [0, 0.05) is 5.92 Å². The molecule has 0 aliphatic heterocycles. The highest BCUT2D eigenvalue weighted by Gasteiger charge is 2.55. The molecule has 0 saturated heterocycles. The molecule has 2 aromatic carbocycles. The van der Waals surface area contributed by atoms with E-state index in [4.69, 9.17) is 9.47 Å². The van der Waals surface area contributed by atoms with Gasteiger partial charge in [-0.3, -0.25) is 4.57 Å². The van der Waals surface area contributed by atoms with E-state index in [2.05, 4.69) is 0 Å². The predicted octanol–water partition coefficient (Wildman–Crippen LogP) is 6.54. The number of hydrogen-bond donors (Lipinski definition) is 2. The van der Waals surface area contributed by atoms with Crippen molar-refractivity contribution >= 4 is 7.60 Å². The average Bonchev–Trinajstić information content (AvgIpc) is 3.63. The van der Waals surface area contributed by atoms with E-state index in [9.17, 15) is 18.7 Å². The van der Waals surface area contributed by atoms with Crippen LogP contribution in [0.4, 0.5) is 8.78 Å². The van der Waals surface area contributed by atoms with Gasteiger partial charge in [-0.25, -0.2) is 8.78 Å². The van der Waals surface area contributed by atoms with Crippen LogP contribution in [-0.2, 0) is 4.57 Å². The molecule has 186 valence electrons. The van der Waals surface area contributed by atoms with Crippen LogP contribution in [0.25, 0.3) is 0 Å². The van der Waals surface area contributed by atoms with E-state index in [-0.39, 0.29) is 17.7 Å². The molecule has 2 saturated carbocycles. The number of benzene rings is 2. The molecule has 8 heteroatoms. The zero-order valence-corrected chi connectivity index (χ0v) is 20.5. The molecule has 5 nitrogen and oxygen atoms in total. The Hall–Kier alpha value is -1.95. The van der Waals surface area contributed by atoms with Crippen LogP contribution in [0, 0.1) is 17.7 Å². The van der Waals surface area contributed by atoms with Crippen LogP contribution in [0.3, 0.4) is 0 Å². The summed E-state index contributed by atoms with van der Waals surface area (Å²) in [6.45, 7) is 1.50. The highest BCUT2D eigenvalue weighted by Crippen LogP contribution is 2.63. The Morgan fingerprint density at radius 3 is 2.38 bits per heavy atom. The Balaban J connectivity index is 1.37. The largest absolute Gasteiger partial charge is 0.497 e. The molecular weight excluding hydrogens is 461 g/mol. The summed E-state index contributed by atoms with van der Waals surface area (Å²) in [6, 6.07) is 11.8. The second-order valence-electron chi connectivity index (χ2n) is 9.87. The zero-order chi connectivity index (χ0) is 24.5. The topological polar surface area (TPSA) is 76.0 Å². The molecule has 0 heterocycles. The van der Waals surface area contributed by atoms with Gasteiger partial charge in [-0.2, -0.15) is 0 Å². The van der Waals surface area contributed by atoms with E-state index >= 15 is 4.39 Å². The van der Waals surface area contributed by atoms with Crippen molar-refractivity contribution in [3.8, 4) is 11.5 Å². The Morgan fingerprint density at radius 1 is 1.06 bits per heavy atom. The first-order valence-electron chi connectivity index (χ1n) is 11.9. The van der Waals surface area contributed by atoms with E-state index in [1.165, 1.54) is 6.07 Å². The van der Waals surface area contributed by atoms with Crippen LogP contribution in [-0.4, -0.2) is 28.9 Å². The second kappa shape index (κ2) is 9.96. The number of rotatable bonds is 9. The lowest BCUT2D eigenvalue weighted by molar-refractivity contribution is 0.174. The fourth-order valence-electron chi connectivity index (χ4n) is 5.23. The van der Waals surface area contributed by atoms with Gasteiger partial charge < -0.3 is 19.3 Å². The van der Waals surface area contributed by atoms with E-state index in [0.717, 1.165) is 45.4 Å². The third kappa shape index (κ3) is 5.48. The van der Waals surface area contributed by atoms with Crippen molar-refractivity contribution in [1.29, 1.82) is 0 Å². The second-order valence-corrected chi connectivity index (χ2v) is 11.8. The third-order valence-corrected chi connectivity index (χ3v) is 8.84. The van der Waals surface area contributed by atoms with Gasteiger partial charge in [-0.15, -0.1) is 0 Å². The van der Waals surface area contributed by atoms with Crippen molar-refractivity contribution in [2.75, 3.05) is 13.7 Å². The Labute approximate surface area is 199 Å². The summed E-state index contributed by atoms with van der Waals surface area (Å²) in [4.78, 5) is 19.2. The van der Waals surface area contributed by atoms with Gasteiger partial charge in [0.25, 0.3) is 0 Å². The molecular formula is C26H33F2O5P. The summed E-state index contributed by atoms with van der Waals surface area (Å²) in [5.41, 5.74) is 1.27. The first kappa shape index (κ1) is 25.2. The van der Waals surface area contributed by atoms with Crippen LogP contribution in [0.2, 0.25) is 0 Å². The normalized spacial score (nSPS) is 23.7. The summed E-state index contributed by atoms with van der Waals surface area (Å²) < 4.78 is 52.7. The van der Waals surface area contributed by atoms with E-state index < -0.39 is 18.9 Å². The number of methoxy groups -OCH3 is 1. The highest BCUT2D eigenvalue weighted by atomic mass is 31.2. The summed E-state index contributed by atoms with van der Waals surface area (Å²) in [7, 11) is -3.36. The molecule has 2 atom stereocenters. The summed E-state index contributed by atoms with van der Waals surface area (Å²) >= 11 is 0. The molecule has 1 unspecified atom stereocenters. The molecule has 0 bridgehead atoms. The molecule has 0 spiro atoms. The average molecular weight is 495 g/mol. The predicted molar refractivity (Wildman–Crippen MR) is 127 cm³/mol. The summed E-state index contributed by atoms with van der Waals surface area (Å²) in [5, 5.41) is -2.62. The molecule has 2 aromatic rings. The summed E-state index contributed by atoms with van der Waals surface area (Å²) in [5.74, 6) is 0.575. The number of halogens is 2. The lowest BCUT2D eigenvalue weighted by Crippen LogP contribution is -2.29. The molecule has 4 rings (SSSR count). The van der Waals surface area contributed by atoms with Crippen molar-refractivity contribution < 1.29 is 32.6 Å². The van der Waals surface area contributed by atoms with E-state index in [0.29, 0.717) is 35.2 Å². The molecule has 2 fully saturated rings. The molecule has 34 heavy (non-hydrogen) atoms. The Kier molecular flexibility index (Phi) is 7.37. The number of alkyl halides is 1. The van der Waals surface area contributed by atoms with Crippen LogP contribution in [0.1, 0.15) is 68.4 Å². The Bertz CT molecular complexity index is 1040. The van der Waals surface area contributed by atoms with Gasteiger partial charge in [-0.1, -0.05) is 12.1 Å². The molecule has 0 amide bonds. The maximum absolute atomic E-state index is 15.3. The van der Waals surface area contributed by atoms with Crippen LogP contribution >= 0.6 is 7.60 Å². The van der Waals surface area contributed by atoms with Crippen LogP contribution in [0.15, 0.2) is 42.5 Å². The molecule has 2 N–H and O–H groups in total. The highest BCUT2D eigenvalue weighted by molar-refractivity contribution is 7.53. The maximum atomic E-state index is 15.3. The zero-order valence-electron chi connectivity index (χ0n) is 19.6. The van der Waals surface area contributed by atoms with Crippen molar-refractivity contribution in [3.63, 3.8) is 0 Å². The van der Waals surface area contributed by atoms with Crippen LogP contribution < -0.4 is 9.47 Å². The smallest absolute Gasteiger partial charge is 0.362 e. The molecule has 2 aliphatic rings. The van der Waals surface area contributed by atoms with Crippen molar-refractivity contribution in [1.82, 2.24) is 0 Å². The van der Waals surface area contributed by atoms with Gasteiger partial charge in [0.2, 0.25) is 5.41 Å². The molecule has 2 aliphatic carbocycles. The Morgan fingerprint density at radius 2 is 1.76 bits per heavy atom. The first-order chi connectivity index (χ1) is 16.1. The lowest BCUT2D eigenvalue weighted by atomic mass is 9.79. The monoisotopic (exact) mass is 494 g/mol. The minimum Gasteiger partial charge on any atom is -0.497 e. The van der Waals surface area contributed by atoms with Crippen molar-refractivity contribution in [2.24, 2.45) is 11.8 Å². The number of ether oxygens (including phenoxy) is 2. The van der Waals surface area contributed by atoms with Gasteiger partial charge in [0.05, 0.1) is 13.7 Å². The van der Waals surface area contributed by atoms with Gasteiger partial charge in [0.1, 0.15) is 17.3 Å². The standard InChI is InChI=1S/C26H33F2O5P/c1-26(28,34(29,30)31)25(19-10-11-19)20-4-3-5-22(14-20)33-16-17-6-8-18(9-7-17)23-15-21(32-2)12-13-24(23)27/h3-5,12-15,17-19,25H,6-11,16H2,1-2H3,(H2,29,30,31)/t17-,18-,25?,26-/m0/s1. The first-order valence-corrected chi connectivity index (χ1v) is 13.5. The van der Waals surface area contributed by atoms with Crippen molar-refractivity contribution in [2.45, 2.75) is 62.7 Å². The van der Waals surface area contributed by atoms with Crippen molar-refractivity contribution in [3.05, 3.63) is 59.4 Å². The maximum Gasteiger partial charge on any atom is 0.362 e. The van der Waals surface area contributed by atoms with E-state index in [1.54, 1.807) is 43.5 Å². The quantitative estimate of drug-likeness (QED) is 0.387. The minimum atomic E-state index is -4.94. The van der Waals surface area contributed by atoms with Crippen LogP contribution in [0.5, 0.6) is 11.5 Å². The van der Waals surface area contributed by atoms with Gasteiger partial charge >= 0.3 is 7.60 Å². The molecule has 0 radical (unpaired) electrons. The number of hydrogen-bond acceptors (Lipinski definition) is 3. The summed E-state index contributed by atoms with van der Waals surface area (Å²) in [6.07, 6.45) is 5.06. The van der Waals surface area contributed by atoms with Gasteiger partial charge in [0.15, 0.2) is 0 Å². The SMILES string of the molecule is COc1ccc(F)c([C@H]2CC[C@H](COc3cccc(C(C4CC4)[C@@](C)(F)P(=O)(O)O)c3)CC2)c1. The fourth-order valence-corrected chi connectivity index (χ4v) is 5.95. The fraction of sp³-hybridized carbons (Fsp3) is 0.538. The van der Waals surface area contributed by atoms with E-state index in [1.807, 2.05) is 0 Å². The molecule has 0 aromatic heterocycles. The lowest BCUT2D eigenvalue weighted by Gasteiger charge is -2.32. The minimum absolute atomic E-state index is 0.0786. The van der Waals surface area contributed by atoms with Gasteiger partial charge in [-0.05, 0) is 105 Å². The third-order valence-electron chi connectivity index (χ3n) is 7.42.